The van der Waals surface area contributed by atoms with Gasteiger partial charge >= 0.3 is 6.09 Å². The van der Waals surface area contributed by atoms with Crippen molar-refractivity contribution in [2.75, 3.05) is 6.23 Å². The number of ether oxygens (including phenoxy) is 2. The molecule has 1 aromatic rings. The lowest BCUT2D eigenvalue weighted by atomic mass is 9.89. The van der Waals surface area contributed by atoms with E-state index in [0.717, 1.165) is 28.6 Å². The summed E-state index contributed by atoms with van der Waals surface area (Å²) >= 11 is 3.43. The molecule has 6 nitrogen and oxygen atoms in total. The van der Waals surface area contributed by atoms with E-state index in [1.807, 2.05) is 26.8 Å². The molecule has 0 aliphatic heterocycles. The molecule has 0 unspecified atom stereocenters. The molecule has 0 bridgehead atoms. The Balaban J connectivity index is 2.20. The highest BCUT2D eigenvalue weighted by Gasteiger charge is 2.34. The fourth-order valence-electron chi connectivity index (χ4n) is 2.62. The van der Waals surface area contributed by atoms with Crippen LogP contribution in [-0.4, -0.2) is 42.8 Å². The molecule has 24 heavy (non-hydrogen) atoms. The number of carbonyl (C=O) groups excluding carboxylic acids is 1. The topological polar surface area (TPSA) is 80.7 Å². The molecule has 0 fully saturated rings. The minimum atomic E-state index is -1.49. The molecule has 133 valence electrons. The van der Waals surface area contributed by atoms with E-state index in [0.29, 0.717) is 6.23 Å². The summed E-state index contributed by atoms with van der Waals surface area (Å²) in [6.07, 6.45) is 2.87. The lowest BCUT2D eigenvalue weighted by Crippen LogP contribution is -2.44. The van der Waals surface area contributed by atoms with Gasteiger partial charge in [0.2, 0.25) is 9.04 Å². The summed E-state index contributed by atoms with van der Waals surface area (Å²) in [5, 5.41) is 2.89. The predicted molar refractivity (Wildman–Crippen MR) is 95.9 cm³/mol. The Bertz CT molecular complexity index is 592. The number of pyridine rings is 1. The number of hydrogen-bond acceptors (Lipinski definition) is 5. The maximum Gasteiger partial charge on any atom is 0.408 e. The van der Waals surface area contributed by atoms with Crippen molar-refractivity contribution in [3.05, 3.63) is 28.0 Å². The van der Waals surface area contributed by atoms with Crippen molar-refractivity contribution in [1.82, 2.24) is 10.3 Å². The third-order valence-electron chi connectivity index (χ3n) is 3.51. The molecule has 2 N–H and O–H groups in total. The van der Waals surface area contributed by atoms with Crippen molar-refractivity contribution < 1.29 is 19.1 Å². The largest absolute Gasteiger partial charge is 0.444 e. The van der Waals surface area contributed by atoms with Gasteiger partial charge in [0.05, 0.1) is 18.0 Å². The van der Waals surface area contributed by atoms with Crippen molar-refractivity contribution >= 4 is 31.1 Å². The van der Waals surface area contributed by atoms with Gasteiger partial charge in [-0.3, -0.25) is 4.98 Å². The summed E-state index contributed by atoms with van der Waals surface area (Å²) in [7, 11) is -1.49. The molecular weight excluding hydrogens is 392 g/mol. The van der Waals surface area contributed by atoms with Crippen LogP contribution in [0.15, 0.2) is 16.7 Å². The van der Waals surface area contributed by atoms with Crippen LogP contribution in [0.4, 0.5) is 4.79 Å². The highest BCUT2D eigenvalue weighted by molar-refractivity contribution is 9.10. The number of aryl methyl sites for hydroxylation is 1. The first-order valence-corrected chi connectivity index (χ1v) is 10.9. The summed E-state index contributed by atoms with van der Waals surface area (Å²) in [5.74, 6) is 0. The van der Waals surface area contributed by atoms with E-state index in [2.05, 4.69) is 26.2 Å². The van der Waals surface area contributed by atoms with E-state index in [-0.39, 0.29) is 6.10 Å². The predicted octanol–water partition coefficient (Wildman–Crippen LogP) is 2.89. The molecule has 0 saturated carbocycles. The van der Waals surface area contributed by atoms with Crippen LogP contribution in [0.3, 0.4) is 0 Å². The molecule has 8 heteroatoms. The van der Waals surface area contributed by atoms with Gasteiger partial charge in [-0.2, -0.15) is 0 Å². The van der Waals surface area contributed by atoms with Gasteiger partial charge in [-0.05, 0) is 67.7 Å². The van der Waals surface area contributed by atoms with Crippen molar-refractivity contribution in [2.45, 2.75) is 57.9 Å². The van der Waals surface area contributed by atoms with Crippen LogP contribution in [0.2, 0.25) is 6.55 Å². The molecule has 0 aromatic carbocycles. The van der Waals surface area contributed by atoms with Crippen LogP contribution in [0.5, 0.6) is 0 Å². The van der Waals surface area contributed by atoms with E-state index in [1.165, 1.54) is 0 Å². The number of fused-ring (bicyclic) bond motifs is 1. The number of amides is 1. The molecule has 0 saturated heterocycles. The van der Waals surface area contributed by atoms with Gasteiger partial charge < -0.3 is 19.6 Å². The van der Waals surface area contributed by atoms with Gasteiger partial charge in [0.1, 0.15) is 11.6 Å². The average Bonchev–Trinajstić information content (AvgIpc) is 2.43. The van der Waals surface area contributed by atoms with Crippen molar-refractivity contribution in [1.29, 1.82) is 0 Å². The number of aromatic nitrogens is 1. The first-order valence-electron chi connectivity index (χ1n) is 7.92. The molecule has 1 radical (unpaired) electrons. The number of alkyl carbamates (subject to hydrolysis) is 1. The normalized spacial score (nSPS) is 20.6. The molecule has 1 aliphatic rings. The van der Waals surface area contributed by atoms with Gasteiger partial charge in [-0.1, -0.05) is 0 Å². The lowest BCUT2D eigenvalue weighted by Gasteiger charge is -2.34. The number of halogens is 1. The maximum absolute atomic E-state index is 12.2. The van der Waals surface area contributed by atoms with Gasteiger partial charge in [0.15, 0.2) is 0 Å². The number of nitrogens with zero attached hydrogens (tertiary/aromatic N) is 1. The minimum Gasteiger partial charge on any atom is -0.444 e. The second-order valence-corrected chi connectivity index (χ2v) is 9.62. The number of nitrogens with one attached hydrogen (secondary N) is 1. The monoisotopic (exact) mass is 415 g/mol. The third kappa shape index (κ3) is 5.54. The van der Waals surface area contributed by atoms with Crippen molar-refractivity contribution in [3.8, 4) is 0 Å². The second-order valence-electron chi connectivity index (χ2n) is 6.95. The zero-order valence-corrected chi connectivity index (χ0v) is 17.0. The van der Waals surface area contributed by atoms with Crippen LogP contribution in [0, 0.1) is 0 Å². The van der Waals surface area contributed by atoms with E-state index in [4.69, 9.17) is 9.47 Å². The van der Waals surface area contributed by atoms with E-state index in [1.54, 1.807) is 12.7 Å². The Labute approximate surface area is 152 Å². The highest BCUT2D eigenvalue weighted by Crippen LogP contribution is 2.32. The standard InChI is InChI=1S/C16H24BrN2O4Si/c1-16(2,3)23-15(20)19-14-12(22-9-24(4)21)6-5-10-7-11(17)8-18-13(10)14/h7-8,12,14,21H,5-6,9H2,1-4H3,(H,19,20)/t12-,14-/m1/s1. The number of hydrogen-bond donors (Lipinski definition) is 2. The summed E-state index contributed by atoms with van der Waals surface area (Å²) in [6, 6.07) is 1.63. The fourth-order valence-corrected chi connectivity index (χ4v) is 3.45. The highest BCUT2D eigenvalue weighted by atomic mass is 79.9. The number of carbonyl (C=O) groups is 1. The summed E-state index contributed by atoms with van der Waals surface area (Å²) < 4.78 is 12.1. The summed E-state index contributed by atoms with van der Waals surface area (Å²) in [6.45, 7) is 7.24. The van der Waals surface area contributed by atoms with Crippen LogP contribution in [-0.2, 0) is 15.9 Å². The Kier molecular flexibility index (Phi) is 6.41. The van der Waals surface area contributed by atoms with Gasteiger partial charge in [-0.25, -0.2) is 4.79 Å². The fraction of sp³-hybridized carbons (Fsp3) is 0.625. The van der Waals surface area contributed by atoms with Crippen LogP contribution < -0.4 is 5.32 Å². The SMILES string of the molecule is C[Si](O)CO[C@@H]1CCc2cc(Br)cnc2[C@@H]1NC(=O)OC(C)(C)C. The average molecular weight is 416 g/mol. The Morgan fingerprint density at radius 1 is 1.54 bits per heavy atom. The Morgan fingerprint density at radius 2 is 2.25 bits per heavy atom. The Hall–Kier alpha value is -0.963. The number of rotatable bonds is 4. The zero-order chi connectivity index (χ0) is 17.9. The third-order valence-corrected chi connectivity index (χ3v) is 4.53. The molecule has 1 aromatic heterocycles. The van der Waals surface area contributed by atoms with Gasteiger partial charge in [0.25, 0.3) is 0 Å². The van der Waals surface area contributed by atoms with E-state index >= 15 is 0 Å². The first-order chi connectivity index (χ1) is 11.2. The first kappa shape index (κ1) is 19.4. The van der Waals surface area contributed by atoms with Crippen LogP contribution >= 0.6 is 15.9 Å². The lowest BCUT2D eigenvalue weighted by molar-refractivity contribution is 0.0187. The van der Waals surface area contributed by atoms with E-state index in [9.17, 15) is 9.59 Å². The van der Waals surface area contributed by atoms with E-state index < -0.39 is 26.8 Å². The Morgan fingerprint density at radius 3 is 2.88 bits per heavy atom. The molecule has 1 amide bonds. The molecule has 0 spiro atoms. The van der Waals surface area contributed by atoms with Crippen molar-refractivity contribution in [2.24, 2.45) is 0 Å². The molecule has 2 atom stereocenters. The minimum absolute atomic E-state index is 0.231. The quantitative estimate of drug-likeness (QED) is 0.738. The van der Waals surface area contributed by atoms with Gasteiger partial charge in [-0.15, -0.1) is 0 Å². The van der Waals surface area contributed by atoms with Gasteiger partial charge in [0, 0.05) is 10.7 Å². The van der Waals surface area contributed by atoms with Crippen LogP contribution in [0.25, 0.3) is 0 Å². The summed E-state index contributed by atoms with van der Waals surface area (Å²) in [4.78, 5) is 26.3. The molecular formula is C16H24BrN2O4Si. The smallest absolute Gasteiger partial charge is 0.408 e. The summed E-state index contributed by atoms with van der Waals surface area (Å²) in [5.41, 5.74) is 1.30. The molecule has 2 rings (SSSR count). The molecule has 1 heterocycles. The second kappa shape index (κ2) is 7.94. The maximum atomic E-state index is 12.2. The van der Waals surface area contributed by atoms with Crippen molar-refractivity contribution in [3.63, 3.8) is 0 Å². The van der Waals surface area contributed by atoms with Crippen LogP contribution in [0.1, 0.15) is 44.5 Å². The zero-order valence-electron chi connectivity index (χ0n) is 14.4. The molecule has 1 aliphatic carbocycles.